The lowest BCUT2D eigenvalue weighted by Crippen LogP contribution is -2.42. The van der Waals surface area contributed by atoms with Crippen molar-refractivity contribution in [1.82, 2.24) is 14.8 Å². The van der Waals surface area contributed by atoms with Crippen molar-refractivity contribution in [3.05, 3.63) is 17.5 Å². The minimum atomic E-state index is -0.107. The normalized spacial score (nSPS) is 20.2. The molecule has 1 aromatic heterocycles. The van der Waals surface area contributed by atoms with Crippen molar-refractivity contribution in [2.24, 2.45) is 5.73 Å². The van der Waals surface area contributed by atoms with Gasteiger partial charge in [0.25, 0.3) is 5.91 Å². The van der Waals surface area contributed by atoms with Crippen molar-refractivity contribution in [3.8, 4) is 0 Å². The van der Waals surface area contributed by atoms with Gasteiger partial charge in [-0.3, -0.25) is 9.10 Å². The molecule has 0 spiro atoms. The highest BCUT2D eigenvalue weighted by atomic mass is 32.2. The van der Waals surface area contributed by atoms with Crippen molar-refractivity contribution in [2.75, 3.05) is 25.4 Å². The Labute approximate surface area is 135 Å². The summed E-state index contributed by atoms with van der Waals surface area (Å²) in [6.07, 6.45) is 5.31. The lowest BCUT2D eigenvalue weighted by atomic mass is 10.1. The number of nitrogens with two attached hydrogens (primary N) is 1. The van der Waals surface area contributed by atoms with Crippen LogP contribution >= 0.6 is 11.9 Å². The van der Waals surface area contributed by atoms with Crippen LogP contribution in [-0.4, -0.2) is 46.8 Å². The van der Waals surface area contributed by atoms with Gasteiger partial charge in [-0.05, 0) is 38.6 Å². The fourth-order valence-corrected chi connectivity index (χ4v) is 3.65. The summed E-state index contributed by atoms with van der Waals surface area (Å²) >= 11 is 1.87. The molecular formula is C15H24N4O2S. The third kappa shape index (κ3) is 4.24. The number of nitrogens with zero attached hydrogens (tertiary/aromatic N) is 2. The molecule has 1 amide bonds. The maximum absolute atomic E-state index is 12.2. The molecule has 1 aromatic rings. The van der Waals surface area contributed by atoms with Crippen molar-refractivity contribution in [2.45, 2.75) is 44.1 Å². The van der Waals surface area contributed by atoms with Crippen LogP contribution in [0.2, 0.25) is 0 Å². The summed E-state index contributed by atoms with van der Waals surface area (Å²) in [7, 11) is 0. The number of piperidine rings is 1. The lowest BCUT2D eigenvalue weighted by molar-refractivity contribution is 0.0915. The molecule has 1 saturated heterocycles. The van der Waals surface area contributed by atoms with Crippen LogP contribution in [0.5, 0.6) is 0 Å². The number of aromatic nitrogens is 1. The number of hydrogen-bond donors (Lipinski definition) is 2. The highest BCUT2D eigenvalue weighted by molar-refractivity contribution is 7.97. The van der Waals surface area contributed by atoms with Gasteiger partial charge in [0.1, 0.15) is 5.76 Å². The van der Waals surface area contributed by atoms with E-state index in [0.717, 1.165) is 63.3 Å². The number of carbonyl (C=O) groups is 1. The minimum absolute atomic E-state index is 0.107. The maximum Gasteiger partial charge on any atom is 0.273 e. The van der Waals surface area contributed by atoms with Gasteiger partial charge in [0.05, 0.1) is 0 Å². The topological polar surface area (TPSA) is 84.4 Å². The summed E-state index contributed by atoms with van der Waals surface area (Å²) in [6.45, 7) is 2.76. The fraction of sp³-hybridized carbons (Fsp3) is 0.733. The Hall–Kier alpha value is -1.05. The summed E-state index contributed by atoms with van der Waals surface area (Å²) in [5, 5.41) is 6.97. The molecule has 0 unspecified atom stereocenters. The Kier molecular flexibility index (Phi) is 5.38. The number of nitrogens with one attached hydrogen (secondary N) is 1. The number of rotatable bonds is 7. The first kappa shape index (κ1) is 15.8. The van der Waals surface area contributed by atoms with Crippen LogP contribution in [0.1, 0.15) is 54.3 Å². The molecule has 122 valence electrons. The van der Waals surface area contributed by atoms with Gasteiger partial charge in [0.2, 0.25) is 0 Å². The molecule has 0 bridgehead atoms. The summed E-state index contributed by atoms with van der Waals surface area (Å²) < 4.78 is 7.61. The van der Waals surface area contributed by atoms with Gasteiger partial charge < -0.3 is 15.6 Å². The van der Waals surface area contributed by atoms with E-state index in [1.165, 1.54) is 0 Å². The van der Waals surface area contributed by atoms with Crippen LogP contribution < -0.4 is 11.1 Å². The lowest BCUT2D eigenvalue weighted by Gasteiger charge is -2.31. The summed E-state index contributed by atoms with van der Waals surface area (Å²) in [6, 6.07) is 2.03. The molecular weight excluding hydrogens is 300 g/mol. The van der Waals surface area contributed by atoms with Crippen LogP contribution in [0.25, 0.3) is 0 Å². The average molecular weight is 324 g/mol. The molecule has 0 radical (unpaired) electrons. The maximum atomic E-state index is 12.2. The van der Waals surface area contributed by atoms with Crippen molar-refractivity contribution < 1.29 is 9.32 Å². The molecule has 2 fully saturated rings. The molecule has 1 aliphatic carbocycles. The molecule has 1 aliphatic heterocycles. The van der Waals surface area contributed by atoms with Gasteiger partial charge in [-0.1, -0.05) is 17.1 Å². The largest absolute Gasteiger partial charge is 0.360 e. The average Bonchev–Trinajstić information content (AvgIpc) is 3.26. The van der Waals surface area contributed by atoms with Crippen molar-refractivity contribution >= 4 is 17.9 Å². The summed E-state index contributed by atoms with van der Waals surface area (Å²) in [4.78, 5) is 12.2. The molecule has 2 heterocycles. The summed E-state index contributed by atoms with van der Waals surface area (Å²) in [5.41, 5.74) is 5.93. The standard InChI is InChI=1S/C15H24N4O2S/c16-6-1-9-22-19-7-4-12(5-8-19)17-15(20)13-10-14(21-18-13)11-2-3-11/h10-12H,1-9,16H2,(H,17,20). The molecule has 0 atom stereocenters. The highest BCUT2D eigenvalue weighted by Gasteiger charge is 2.29. The molecule has 0 aromatic carbocycles. The van der Waals surface area contributed by atoms with Gasteiger partial charge in [-0.15, -0.1) is 0 Å². The van der Waals surface area contributed by atoms with Crippen LogP contribution in [0.15, 0.2) is 10.6 Å². The Morgan fingerprint density at radius 1 is 1.41 bits per heavy atom. The van der Waals surface area contributed by atoms with E-state index in [-0.39, 0.29) is 11.9 Å². The number of hydrogen-bond acceptors (Lipinski definition) is 6. The van der Waals surface area contributed by atoms with E-state index in [9.17, 15) is 4.79 Å². The van der Waals surface area contributed by atoms with Gasteiger partial charge >= 0.3 is 0 Å². The van der Waals surface area contributed by atoms with E-state index in [1.54, 1.807) is 6.07 Å². The second kappa shape index (κ2) is 7.48. The zero-order valence-electron chi connectivity index (χ0n) is 12.8. The van der Waals surface area contributed by atoms with E-state index < -0.39 is 0 Å². The zero-order chi connectivity index (χ0) is 15.4. The first-order valence-corrected chi connectivity index (χ1v) is 9.06. The SMILES string of the molecule is NCCCSN1CCC(NC(=O)c2cc(C3CC3)on2)CC1. The second-order valence-corrected chi connectivity index (χ2v) is 7.22. The predicted molar refractivity (Wildman–Crippen MR) is 86.7 cm³/mol. The molecule has 3 rings (SSSR count). The Morgan fingerprint density at radius 3 is 2.86 bits per heavy atom. The van der Waals surface area contributed by atoms with Crippen LogP contribution in [-0.2, 0) is 0 Å². The van der Waals surface area contributed by atoms with Crippen LogP contribution in [0.3, 0.4) is 0 Å². The quantitative estimate of drug-likeness (QED) is 0.587. The fourth-order valence-electron chi connectivity index (χ4n) is 2.62. The van der Waals surface area contributed by atoms with Gasteiger partial charge in [0.15, 0.2) is 5.69 Å². The highest BCUT2D eigenvalue weighted by Crippen LogP contribution is 2.40. The predicted octanol–water partition coefficient (Wildman–Crippen LogP) is 1.74. The van der Waals surface area contributed by atoms with Gasteiger partial charge in [0, 0.05) is 36.9 Å². The molecule has 6 nitrogen and oxygen atoms in total. The van der Waals surface area contributed by atoms with Gasteiger partial charge in [-0.2, -0.15) is 0 Å². The van der Waals surface area contributed by atoms with E-state index in [1.807, 2.05) is 11.9 Å². The molecule has 22 heavy (non-hydrogen) atoms. The van der Waals surface area contributed by atoms with E-state index in [0.29, 0.717) is 11.6 Å². The van der Waals surface area contributed by atoms with Crippen LogP contribution in [0.4, 0.5) is 0 Å². The molecule has 3 N–H and O–H groups in total. The third-order valence-corrected chi connectivity index (χ3v) is 5.35. The van der Waals surface area contributed by atoms with Crippen molar-refractivity contribution in [3.63, 3.8) is 0 Å². The Balaban J connectivity index is 1.40. The second-order valence-electron chi connectivity index (χ2n) is 6.04. The molecule has 1 saturated carbocycles. The van der Waals surface area contributed by atoms with E-state index in [4.69, 9.17) is 10.3 Å². The first-order chi connectivity index (χ1) is 10.8. The summed E-state index contributed by atoms with van der Waals surface area (Å²) in [5.74, 6) is 2.32. The Bertz CT molecular complexity index is 495. The van der Waals surface area contributed by atoms with E-state index in [2.05, 4.69) is 14.8 Å². The van der Waals surface area contributed by atoms with Crippen molar-refractivity contribution in [1.29, 1.82) is 0 Å². The monoisotopic (exact) mass is 324 g/mol. The first-order valence-electron chi connectivity index (χ1n) is 8.11. The number of amides is 1. The minimum Gasteiger partial charge on any atom is -0.360 e. The molecule has 2 aliphatic rings. The number of carbonyl (C=O) groups excluding carboxylic acids is 1. The van der Waals surface area contributed by atoms with E-state index >= 15 is 0 Å². The smallest absolute Gasteiger partial charge is 0.273 e. The van der Waals surface area contributed by atoms with Gasteiger partial charge in [-0.25, -0.2) is 0 Å². The van der Waals surface area contributed by atoms with Crippen LogP contribution in [0, 0.1) is 0 Å². The third-order valence-electron chi connectivity index (χ3n) is 4.15. The molecule has 7 heteroatoms. The zero-order valence-corrected chi connectivity index (χ0v) is 13.6. The Morgan fingerprint density at radius 2 is 2.18 bits per heavy atom.